The second-order valence-electron chi connectivity index (χ2n) is 6.23. The lowest BCUT2D eigenvalue weighted by atomic mass is 9.78. The second-order valence-corrected chi connectivity index (χ2v) is 7.14. The number of hydrogen-bond acceptors (Lipinski definition) is 1. The minimum absolute atomic E-state index is 0.314. The van der Waals surface area contributed by atoms with Crippen molar-refractivity contribution >= 4 is 26.7 Å². The molecular formula is C18H21BrO. The smallest absolute Gasteiger partial charge is 0.0818 e. The van der Waals surface area contributed by atoms with Crippen LogP contribution in [0.3, 0.4) is 0 Å². The third-order valence-corrected chi connectivity index (χ3v) is 5.08. The van der Waals surface area contributed by atoms with Crippen molar-refractivity contribution in [3.05, 3.63) is 46.4 Å². The predicted octanol–water partition coefficient (Wildman–Crippen LogP) is 5.46. The lowest BCUT2D eigenvalue weighted by Gasteiger charge is -2.30. The van der Waals surface area contributed by atoms with E-state index in [0.29, 0.717) is 5.92 Å². The SMILES string of the molecule is CC1CCCC(C(O)c2ccc3cc(Br)ccc3c2)C1. The summed E-state index contributed by atoms with van der Waals surface area (Å²) in [5.41, 5.74) is 1.07. The maximum Gasteiger partial charge on any atom is 0.0818 e. The number of halogens is 1. The third kappa shape index (κ3) is 2.91. The molecule has 0 aliphatic heterocycles. The van der Waals surface area contributed by atoms with E-state index in [9.17, 15) is 5.11 Å². The van der Waals surface area contributed by atoms with Crippen LogP contribution in [0.15, 0.2) is 40.9 Å². The Bertz CT molecular complexity index is 607. The van der Waals surface area contributed by atoms with Crippen molar-refractivity contribution in [3.8, 4) is 0 Å². The summed E-state index contributed by atoms with van der Waals surface area (Å²) in [6, 6.07) is 12.6. The highest BCUT2D eigenvalue weighted by molar-refractivity contribution is 9.10. The Kier molecular flexibility index (Phi) is 4.13. The van der Waals surface area contributed by atoms with E-state index < -0.39 is 0 Å². The molecule has 0 amide bonds. The van der Waals surface area contributed by atoms with E-state index in [0.717, 1.165) is 28.8 Å². The Morgan fingerprint density at radius 3 is 2.65 bits per heavy atom. The van der Waals surface area contributed by atoms with E-state index in [1.807, 2.05) is 0 Å². The molecule has 0 aromatic heterocycles. The van der Waals surface area contributed by atoms with Gasteiger partial charge in [0, 0.05) is 4.47 Å². The van der Waals surface area contributed by atoms with Gasteiger partial charge in [-0.1, -0.05) is 53.9 Å². The molecule has 0 radical (unpaired) electrons. The number of hydrogen-bond donors (Lipinski definition) is 1. The van der Waals surface area contributed by atoms with Gasteiger partial charge in [0.25, 0.3) is 0 Å². The predicted molar refractivity (Wildman–Crippen MR) is 87.7 cm³/mol. The fourth-order valence-electron chi connectivity index (χ4n) is 3.46. The lowest BCUT2D eigenvalue weighted by Crippen LogP contribution is -2.20. The molecule has 1 N–H and O–H groups in total. The van der Waals surface area contributed by atoms with Gasteiger partial charge in [-0.15, -0.1) is 0 Å². The molecule has 0 spiro atoms. The van der Waals surface area contributed by atoms with Crippen LogP contribution in [0.2, 0.25) is 0 Å². The lowest BCUT2D eigenvalue weighted by molar-refractivity contribution is 0.0715. The maximum absolute atomic E-state index is 10.7. The summed E-state index contributed by atoms with van der Waals surface area (Å²) in [5.74, 6) is 1.17. The van der Waals surface area contributed by atoms with Gasteiger partial charge in [0.05, 0.1) is 6.10 Å². The summed E-state index contributed by atoms with van der Waals surface area (Å²) < 4.78 is 1.10. The normalized spacial score (nSPS) is 24.8. The number of fused-ring (bicyclic) bond motifs is 1. The molecule has 2 heteroatoms. The summed E-state index contributed by atoms with van der Waals surface area (Å²) in [6.07, 6.45) is 4.56. The zero-order valence-corrected chi connectivity index (χ0v) is 13.4. The van der Waals surface area contributed by atoms with Gasteiger partial charge in [-0.3, -0.25) is 0 Å². The third-order valence-electron chi connectivity index (χ3n) is 4.59. The molecule has 3 unspecified atom stereocenters. The number of rotatable bonds is 2. The first-order chi connectivity index (χ1) is 9.63. The average molecular weight is 333 g/mol. The molecular weight excluding hydrogens is 312 g/mol. The molecule has 1 aliphatic carbocycles. The van der Waals surface area contributed by atoms with Crippen LogP contribution in [0, 0.1) is 11.8 Å². The van der Waals surface area contributed by atoms with E-state index in [2.05, 4.69) is 59.3 Å². The van der Waals surface area contributed by atoms with Gasteiger partial charge in [-0.05, 0) is 59.2 Å². The van der Waals surface area contributed by atoms with Gasteiger partial charge in [0.2, 0.25) is 0 Å². The van der Waals surface area contributed by atoms with Crippen LogP contribution >= 0.6 is 15.9 Å². The zero-order valence-electron chi connectivity index (χ0n) is 11.8. The Balaban J connectivity index is 1.87. The minimum Gasteiger partial charge on any atom is -0.388 e. The van der Waals surface area contributed by atoms with Crippen molar-refractivity contribution in [2.75, 3.05) is 0 Å². The van der Waals surface area contributed by atoms with Crippen molar-refractivity contribution < 1.29 is 5.11 Å². The molecule has 0 heterocycles. The number of benzene rings is 2. The molecule has 106 valence electrons. The van der Waals surface area contributed by atoms with E-state index in [-0.39, 0.29) is 6.10 Å². The Morgan fingerprint density at radius 2 is 1.85 bits per heavy atom. The van der Waals surface area contributed by atoms with Gasteiger partial charge < -0.3 is 5.11 Å². The van der Waals surface area contributed by atoms with Crippen LogP contribution in [0.1, 0.15) is 44.3 Å². The van der Waals surface area contributed by atoms with E-state index >= 15 is 0 Å². The van der Waals surface area contributed by atoms with Gasteiger partial charge in [0.1, 0.15) is 0 Å². The molecule has 0 saturated heterocycles. The van der Waals surface area contributed by atoms with Crippen molar-refractivity contribution in [2.24, 2.45) is 11.8 Å². The van der Waals surface area contributed by atoms with Crippen LogP contribution in [0.25, 0.3) is 10.8 Å². The summed E-state index contributed by atoms with van der Waals surface area (Å²) >= 11 is 3.50. The van der Waals surface area contributed by atoms with E-state index in [4.69, 9.17) is 0 Å². The second kappa shape index (κ2) is 5.87. The van der Waals surface area contributed by atoms with Gasteiger partial charge >= 0.3 is 0 Å². The van der Waals surface area contributed by atoms with E-state index in [1.165, 1.54) is 23.6 Å². The summed E-state index contributed by atoms with van der Waals surface area (Å²) in [4.78, 5) is 0. The summed E-state index contributed by atoms with van der Waals surface area (Å²) in [6.45, 7) is 2.30. The van der Waals surface area contributed by atoms with Gasteiger partial charge in [0.15, 0.2) is 0 Å². The maximum atomic E-state index is 10.7. The molecule has 1 aliphatic rings. The molecule has 2 aromatic rings. The largest absolute Gasteiger partial charge is 0.388 e. The molecule has 3 rings (SSSR count). The quantitative estimate of drug-likeness (QED) is 0.773. The van der Waals surface area contributed by atoms with Crippen LogP contribution in [-0.2, 0) is 0 Å². The molecule has 1 saturated carbocycles. The Labute approximate surface area is 129 Å². The minimum atomic E-state index is -0.314. The Morgan fingerprint density at radius 1 is 1.10 bits per heavy atom. The molecule has 2 aromatic carbocycles. The van der Waals surface area contributed by atoms with Crippen LogP contribution in [0.4, 0.5) is 0 Å². The highest BCUT2D eigenvalue weighted by atomic mass is 79.9. The fraction of sp³-hybridized carbons (Fsp3) is 0.444. The van der Waals surface area contributed by atoms with Crippen molar-refractivity contribution in [1.82, 2.24) is 0 Å². The summed E-state index contributed by atoms with van der Waals surface area (Å²) in [7, 11) is 0. The fourth-order valence-corrected chi connectivity index (χ4v) is 3.84. The number of aliphatic hydroxyl groups excluding tert-OH is 1. The van der Waals surface area contributed by atoms with Crippen LogP contribution in [0.5, 0.6) is 0 Å². The van der Waals surface area contributed by atoms with Crippen molar-refractivity contribution in [3.63, 3.8) is 0 Å². The highest BCUT2D eigenvalue weighted by Gasteiger charge is 2.26. The monoisotopic (exact) mass is 332 g/mol. The standard InChI is InChI=1S/C18H21BrO/c1-12-3-2-4-15(9-12)18(20)16-6-5-14-11-17(19)8-7-13(14)10-16/h5-8,10-12,15,18,20H,2-4,9H2,1H3. The summed E-state index contributed by atoms with van der Waals surface area (Å²) in [5, 5.41) is 13.1. The van der Waals surface area contributed by atoms with Crippen LogP contribution < -0.4 is 0 Å². The highest BCUT2D eigenvalue weighted by Crippen LogP contribution is 2.37. The van der Waals surface area contributed by atoms with Crippen molar-refractivity contribution in [1.29, 1.82) is 0 Å². The first-order valence-electron chi connectivity index (χ1n) is 7.51. The average Bonchev–Trinajstić information content (AvgIpc) is 2.46. The topological polar surface area (TPSA) is 20.2 Å². The number of aliphatic hydroxyl groups is 1. The van der Waals surface area contributed by atoms with E-state index in [1.54, 1.807) is 0 Å². The zero-order chi connectivity index (χ0) is 14.1. The Hall–Kier alpha value is -0.860. The molecule has 1 nitrogen and oxygen atoms in total. The first-order valence-corrected chi connectivity index (χ1v) is 8.30. The molecule has 1 fully saturated rings. The van der Waals surface area contributed by atoms with Crippen LogP contribution in [-0.4, -0.2) is 5.11 Å². The molecule has 0 bridgehead atoms. The first kappa shape index (κ1) is 14.1. The van der Waals surface area contributed by atoms with Gasteiger partial charge in [-0.25, -0.2) is 0 Å². The van der Waals surface area contributed by atoms with Gasteiger partial charge in [-0.2, -0.15) is 0 Å². The molecule has 20 heavy (non-hydrogen) atoms. The van der Waals surface area contributed by atoms with Crippen molar-refractivity contribution in [2.45, 2.75) is 38.7 Å². The molecule has 3 atom stereocenters.